The molecule has 0 aliphatic heterocycles. The minimum atomic E-state index is -3.60. The van der Waals surface area contributed by atoms with Gasteiger partial charge in [0.2, 0.25) is 0 Å². The highest BCUT2D eigenvalue weighted by Gasteiger charge is 2.30. The molecule has 0 fully saturated rings. The lowest BCUT2D eigenvalue weighted by molar-refractivity contribution is 0.0703. The lowest BCUT2D eigenvalue weighted by Gasteiger charge is -2.20. The standard InChI is InChI=1S/C21H21FNO4PS/c1-12-6-8-18(14(3)9-12)28(26,27-4)23-17-11-19(29-20(17)21(24)25)15-7-5-13(2)10-16(15)22/h5-11H,1-4H3,(H,23,26)(H,24,25). The van der Waals surface area contributed by atoms with Gasteiger partial charge in [0.25, 0.3) is 0 Å². The number of hydrogen-bond acceptors (Lipinski definition) is 4. The zero-order chi connectivity index (χ0) is 21.3. The molecular formula is C21H21FNO4PS. The van der Waals surface area contributed by atoms with E-state index in [1.807, 2.05) is 26.0 Å². The zero-order valence-corrected chi connectivity index (χ0v) is 18.2. The molecule has 2 N–H and O–H groups in total. The molecule has 0 aliphatic carbocycles. The van der Waals surface area contributed by atoms with Crippen LogP contribution in [0.5, 0.6) is 0 Å². The quantitative estimate of drug-likeness (QED) is 0.484. The van der Waals surface area contributed by atoms with E-state index in [-0.39, 0.29) is 16.1 Å². The van der Waals surface area contributed by atoms with Crippen molar-refractivity contribution in [2.45, 2.75) is 20.8 Å². The van der Waals surface area contributed by atoms with Gasteiger partial charge in [-0.25, -0.2) is 9.18 Å². The first kappa shape index (κ1) is 21.2. The highest BCUT2D eigenvalue weighted by Crippen LogP contribution is 2.49. The molecule has 0 aliphatic rings. The van der Waals surface area contributed by atoms with Crippen LogP contribution in [0, 0.1) is 26.6 Å². The van der Waals surface area contributed by atoms with E-state index in [1.54, 1.807) is 25.1 Å². The van der Waals surface area contributed by atoms with Gasteiger partial charge in [0.15, 0.2) is 0 Å². The van der Waals surface area contributed by atoms with Crippen LogP contribution in [0.3, 0.4) is 0 Å². The minimum absolute atomic E-state index is 0.0676. The third-order valence-corrected chi connectivity index (χ3v) is 7.85. The fraction of sp³-hybridized carbons (Fsp3) is 0.190. The second-order valence-electron chi connectivity index (χ2n) is 6.78. The monoisotopic (exact) mass is 433 g/mol. The van der Waals surface area contributed by atoms with Crippen molar-refractivity contribution in [2.24, 2.45) is 0 Å². The molecule has 0 spiro atoms. The lowest BCUT2D eigenvalue weighted by atomic mass is 10.1. The maximum absolute atomic E-state index is 14.4. The highest BCUT2D eigenvalue weighted by atomic mass is 32.1. The van der Waals surface area contributed by atoms with Crippen molar-refractivity contribution in [2.75, 3.05) is 12.2 Å². The topological polar surface area (TPSA) is 75.6 Å². The van der Waals surface area contributed by atoms with Crippen LogP contribution in [-0.4, -0.2) is 18.2 Å². The van der Waals surface area contributed by atoms with Crippen LogP contribution in [-0.2, 0) is 9.09 Å². The second kappa shape index (κ2) is 8.11. The van der Waals surface area contributed by atoms with Gasteiger partial charge in [-0.2, -0.15) is 0 Å². The van der Waals surface area contributed by atoms with Gasteiger partial charge in [-0.1, -0.05) is 29.8 Å². The molecule has 1 heterocycles. The van der Waals surface area contributed by atoms with Gasteiger partial charge in [0, 0.05) is 17.6 Å². The van der Waals surface area contributed by atoms with Crippen molar-refractivity contribution in [3.05, 3.63) is 69.8 Å². The van der Waals surface area contributed by atoms with E-state index in [1.165, 1.54) is 19.2 Å². The summed E-state index contributed by atoms with van der Waals surface area (Å²) < 4.78 is 33.2. The number of thiophene rings is 1. The molecule has 0 amide bonds. The fourth-order valence-electron chi connectivity index (χ4n) is 3.08. The third kappa shape index (κ3) is 4.27. The zero-order valence-electron chi connectivity index (χ0n) is 16.4. The minimum Gasteiger partial charge on any atom is -0.477 e. The van der Waals surface area contributed by atoms with Crippen molar-refractivity contribution in [1.29, 1.82) is 0 Å². The van der Waals surface area contributed by atoms with Crippen LogP contribution in [0.25, 0.3) is 10.4 Å². The Morgan fingerprint density at radius 2 is 1.76 bits per heavy atom. The van der Waals surface area contributed by atoms with Crippen LogP contribution >= 0.6 is 18.9 Å². The predicted molar refractivity (Wildman–Crippen MR) is 115 cm³/mol. The Kier molecular flexibility index (Phi) is 5.94. The third-order valence-electron chi connectivity index (χ3n) is 4.51. The first-order chi connectivity index (χ1) is 13.6. The molecule has 29 heavy (non-hydrogen) atoms. The first-order valence-electron chi connectivity index (χ1n) is 8.80. The van der Waals surface area contributed by atoms with E-state index in [9.17, 15) is 18.9 Å². The number of carbonyl (C=O) groups is 1. The lowest BCUT2D eigenvalue weighted by Crippen LogP contribution is -2.17. The molecule has 3 aromatic rings. The molecule has 1 unspecified atom stereocenters. The second-order valence-corrected chi connectivity index (χ2v) is 10.0. The highest BCUT2D eigenvalue weighted by molar-refractivity contribution is 7.68. The van der Waals surface area contributed by atoms with Gasteiger partial charge in [-0.3, -0.25) is 4.57 Å². The van der Waals surface area contributed by atoms with Crippen molar-refractivity contribution < 1.29 is 23.4 Å². The number of nitrogens with one attached hydrogen (secondary N) is 1. The van der Waals surface area contributed by atoms with Crippen LogP contribution in [0.15, 0.2) is 42.5 Å². The molecule has 0 saturated heterocycles. The van der Waals surface area contributed by atoms with Crippen LogP contribution in [0.2, 0.25) is 0 Å². The molecular weight excluding hydrogens is 412 g/mol. The molecule has 0 saturated carbocycles. The number of carboxylic acid groups (broad SMARTS) is 1. The maximum Gasteiger partial charge on any atom is 0.348 e. The first-order valence-corrected chi connectivity index (χ1v) is 11.2. The summed E-state index contributed by atoms with van der Waals surface area (Å²) in [6.07, 6.45) is 0. The van der Waals surface area contributed by atoms with Crippen molar-refractivity contribution in [3.8, 4) is 10.4 Å². The van der Waals surface area contributed by atoms with Crippen molar-refractivity contribution in [1.82, 2.24) is 0 Å². The normalized spacial score (nSPS) is 13.1. The number of aromatic carboxylic acids is 1. The molecule has 8 heteroatoms. The molecule has 0 bridgehead atoms. The fourth-order valence-corrected chi connectivity index (χ4v) is 5.84. The van der Waals surface area contributed by atoms with Crippen molar-refractivity contribution >= 4 is 35.8 Å². The van der Waals surface area contributed by atoms with E-state index in [0.717, 1.165) is 28.0 Å². The largest absolute Gasteiger partial charge is 0.477 e. The van der Waals surface area contributed by atoms with Crippen molar-refractivity contribution in [3.63, 3.8) is 0 Å². The Balaban J connectivity index is 2.08. The Bertz CT molecular complexity index is 1140. The number of anilines is 1. The van der Waals surface area contributed by atoms with Crippen LogP contribution < -0.4 is 10.4 Å². The number of rotatable bonds is 6. The maximum atomic E-state index is 14.4. The molecule has 3 rings (SSSR count). The molecule has 5 nitrogen and oxygen atoms in total. The number of benzene rings is 2. The van der Waals surface area contributed by atoms with Gasteiger partial charge < -0.3 is 14.7 Å². The summed E-state index contributed by atoms with van der Waals surface area (Å²) in [5.74, 6) is -1.64. The van der Waals surface area contributed by atoms with E-state index in [0.29, 0.717) is 10.2 Å². The molecule has 2 aromatic carbocycles. The van der Waals surface area contributed by atoms with Crippen LogP contribution in [0.1, 0.15) is 26.4 Å². The summed E-state index contributed by atoms with van der Waals surface area (Å²) in [5.41, 5.74) is 2.95. The Labute approximate surface area is 172 Å². The summed E-state index contributed by atoms with van der Waals surface area (Å²) in [6.45, 7) is 5.51. The Morgan fingerprint density at radius 3 is 2.34 bits per heavy atom. The molecule has 1 aromatic heterocycles. The van der Waals surface area contributed by atoms with Gasteiger partial charge >= 0.3 is 13.5 Å². The Morgan fingerprint density at radius 1 is 1.10 bits per heavy atom. The number of hydrogen-bond donors (Lipinski definition) is 2. The van der Waals surface area contributed by atoms with E-state index in [4.69, 9.17) is 4.52 Å². The van der Waals surface area contributed by atoms with Gasteiger partial charge in [0.1, 0.15) is 10.7 Å². The summed E-state index contributed by atoms with van der Waals surface area (Å²) in [4.78, 5) is 12.1. The summed E-state index contributed by atoms with van der Waals surface area (Å²) in [6, 6.07) is 11.6. The van der Waals surface area contributed by atoms with Gasteiger partial charge in [-0.05, 0) is 50.1 Å². The number of aryl methyl sites for hydroxylation is 3. The summed E-state index contributed by atoms with van der Waals surface area (Å²) in [5, 5.41) is 12.9. The van der Waals surface area contributed by atoms with Gasteiger partial charge in [0.05, 0.1) is 11.0 Å². The number of halogens is 1. The Hall–Kier alpha value is -2.47. The smallest absolute Gasteiger partial charge is 0.348 e. The molecule has 152 valence electrons. The summed E-state index contributed by atoms with van der Waals surface area (Å²) in [7, 11) is -2.29. The number of carboxylic acids is 1. The van der Waals surface area contributed by atoms with E-state index in [2.05, 4.69) is 5.09 Å². The SMILES string of the molecule is COP(=O)(Nc1cc(-c2ccc(C)cc2F)sc1C(=O)O)c1ccc(C)cc1C. The summed E-state index contributed by atoms with van der Waals surface area (Å²) >= 11 is 0.915. The van der Waals surface area contributed by atoms with E-state index < -0.39 is 19.3 Å². The predicted octanol–water partition coefficient (Wildman–Crippen LogP) is 5.75. The average molecular weight is 433 g/mol. The van der Waals surface area contributed by atoms with E-state index >= 15 is 0 Å². The molecule has 0 radical (unpaired) electrons. The molecule has 1 atom stereocenters. The van der Waals surface area contributed by atoms with Crippen LogP contribution in [0.4, 0.5) is 10.1 Å². The average Bonchev–Trinajstić information content (AvgIpc) is 3.04. The van der Waals surface area contributed by atoms with Gasteiger partial charge in [-0.15, -0.1) is 11.3 Å².